The third-order valence-corrected chi connectivity index (χ3v) is 5.77. The highest BCUT2D eigenvalue weighted by molar-refractivity contribution is 14.0. The molecule has 0 radical (unpaired) electrons. The molecule has 9 heteroatoms. The minimum Gasteiger partial charge on any atom is -0.385 e. The van der Waals surface area contributed by atoms with Crippen molar-refractivity contribution in [3.05, 3.63) is 11.6 Å². The first-order valence-electron chi connectivity index (χ1n) is 9.05. The Hall–Kier alpha value is -0.550. The van der Waals surface area contributed by atoms with Gasteiger partial charge in [-0.3, -0.25) is 0 Å². The maximum absolute atomic E-state index is 5.13. The summed E-state index contributed by atoms with van der Waals surface area (Å²) in [6.45, 7) is 4.07. The van der Waals surface area contributed by atoms with Gasteiger partial charge in [0.15, 0.2) is 11.8 Å². The molecule has 7 nitrogen and oxygen atoms in total. The van der Waals surface area contributed by atoms with Crippen molar-refractivity contribution >= 4 is 41.7 Å². The molecular weight excluding hydrogens is 463 g/mol. The van der Waals surface area contributed by atoms with Crippen LogP contribution in [-0.2, 0) is 18.3 Å². The fraction of sp³-hybridized carbons (Fsp3) is 0.824. The van der Waals surface area contributed by atoms with E-state index in [0.29, 0.717) is 12.6 Å². The van der Waals surface area contributed by atoms with Crippen LogP contribution in [0.15, 0.2) is 4.99 Å². The van der Waals surface area contributed by atoms with E-state index in [1.165, 1.54) is 25.7 Å². The second kappa shape index (κ2) is 12.8. The molecule has 1 aromatic rings. The summed E-state index contributed by atoms with van der Waals surface area (Å²) >= 11 is 1.98. The molecule has 2 atom stereocenters. The van der Waals surface area contributed by atoms with Crippen molar-refractivity contribution in [3.8, 4) is 0 Å². The number of thioether (sulfide) groups is 1. The van der Waals surface area contributed by atoms with E-state index >= 15 is 0 Å². The summed E-state index contributed by atoms with van der Waals surface area (Å²) in [5.74, 6) is 2.65. The third-order valence-electron chi connectivity index (χ3n) is 4.68. The van der Waals surface area contributed by atoms with Crippen molar-refractivity contribution in [2.24, 2.45) is 12.0 Å². The number of ether oxygens (including phenoxy) is 1. The van der Waals surface area contributed by atoms with Crippen molar-refractivity contribution in [1.82, 2.24) is 25.4 Å². The number of aryl methyl sites for hydroxylation is 1. The number of aromatic nitrogens is 3. The van der Waals surface area contributed by atoms with Crippen LogP contribution in [0.2, 0.25) is 0 Å². The van der Waals surface area contributed by atoms with Gasteiger partial charge in [0.25, 0.3) is 0 Å². The molecule has 0 amide bonds. The fourth-order valence-corrected chi connectivity index (χ4v) is 3.82. The lowest BCUT2D eigenvalue weighted by molar-refractivity contribution is 0.195. The highest BCUT2D eigenvalue weighted by Gasteiger charge is 2.22. The Balaban J connectivity index is 0.00000338. The minimum atomic E-state index is 0. The Bertz CT molecular complexity index is 553. The first-order chi connectivity index (χ1) is 12.1. The van der Waals surface area contributed by atoms with Crippen LogP contribution in [0.3, 0.4) is 0 Å². The van der Waals surface area contributed by atoms with Crippen LogP contribution in [0.25, 0.3) is 0 Å². The lowest BCUT2D eigenvalue weighted by Crippen LogP contribution is -2.46. The van der Waals surface area contributed by atoms with Gasteiger partial charge in [0.2, 0.25) is 0 Å². The molecule has 2 N–H and O–H groups in total. The van der Waals surface area contributed by atoms with Crippen LogP contribution >= 0.6 is 35.7 Å². The van der Waals surface area contributed by atoms with Crippen molar-refractivity contribution in [3.63, 3.8) is 0 Å². The van der Waals surface area contributed by atoms with Crippen LogP contribution in [0.1, 0.15) is 43.8 Å². The topological polar surface area (TPSA) is 76.4 Å². The van der Waals surface area contributed by atoms with Gasteiger partial charge in [0.1, 0.15) is 12.4 Å². The predicted octanol–water partition coefficient (Wildman–Crippen LogP) is 2.49. The van der Waals surface area contributed by atoms with E-state index < -0.39 is 0 Å². The molecule has 1 fully saturated rings. The van der Waals surface area contributed by atoms with Gasteiger partial charge in [-0.15, -0.1) is 34.2 Å². The summed E-state index contributed by atoms with van der Waals surface area (Å²) in [5.41, 5.74) is 0. The molecule has 1 aliphatic carbocycles. The molecule has 0 aliphatic heterocycles. The molecule has 0 spiro atoms. The van der Waals surface area contributed by atoms with E-state index in [4.69, 9.17) is 9.73 Å². The molecule has 0 saturated heterocycles. The number of halogens is 1. The largest absolute Gasteiger partial charge is 0.385 e. The van der Waals surface area contributed by atoms with Crippen LogP contribution in [0, 0.1) is 6.92 Å². The van der Waals surface area contributed by atoms with E-state index in [9.17, 15) is 0 Å². The molecule has 1 heterocycles. The van der Waals surface area contributed by atoms with E-state index in [2.05, 4.69) is 27.1 Å². The van der Waals surface area contributed by atoms with E-state index in [1.807, 2.05) is 30.3 Å². The van der Waals surface area contributed by atoms with Crippen molar-refractivity contribution < 1.29 is 4.74 Å². The Morgan fingerprint density at radius 1 is 1.38 bits per heavy atom. The average Bonchev–Trinajstić information content (AvgIpc) is 2.95. The summed E-state index contributed by atoms with van der Waals surface area (Å²) in [6.07, 6.45) is 8.18. The summed E-state index contributed by atoms with van der Waals surface area (Å²) in [5, 5.41) is 16.1. The number of guanidine groups is 1. The van der Waals surface area contributed by atoms with Crippen LogP contribution < -0.4 is 10.6 Å². The standard InChI is InChI=1S/C17H32N6OS.HI/c1-13-21-22-16(23(13)2)12-19-17(18-9-6-10-24-3)20-14-7-5-8-15(11-14)25-4;/h14-15H,5-12H2,1-4H3,(H2,18,19,20);1H. The molecule has 1 aromatic heterocycles. The van der Waals surface area contributed by atoms with Gasteiger partial charge in [-0.1, -0.05) is 6.42 Å². The highest BCUT2D eigenvalue weighted by Crippen LogP contribution is 2.26. The average molecular weight is 496 g/mol. The SMILES string of the molecule is COCCCNC(=NCc1nnc(C)n1C)NC1CCCC(SC)C1.I. The van der Waals surface area contributed by atoms with Crippen LogP contribution in [0.5, 0.6) is 0 Å². The maximum atomic E-state index is 5.13. The van der Waals surface area contributed by atoms with Crippen LogP contribution in [-0.4, -0.2) is 58.5 Å². The number of hydrogen-bond acceptors (Lipinski definition) is 5. The Morgan fingerprint density at radius 2 is 2.19 bits per heavy atom. The third kappa shape index (κ3) is 7.59. The summed E-state index contributed by atoms with van der Waals surface area (Å²) in [4.78, 5) is 4.73. The lowest BCUT2D eigenvalue weighted by atomic mass is 9.95. The molecule has 2 unspecified atom stereocenters. The molecule has 0 bridgehead atoms. The molecular formula is C17H33IN6OS. The number of rotatable bonds is 8. The van der Waals surface area contributed by atoms with Gasteiger partial charge in [-0.05, 0) is 38.9 Å². The Morgan fingerprint density at radius 3 is 2.85 bits per heavy atom. The summed E-state index contributed by atoms with van der Waals surface area (Å²) in [6, 6.07) is 0.487. The second-order valence-electron chi connectivity index (χ2n) is 6.53. The molecule has 26 heavy (non-hydrogen) atoms. The number of aliphatic imine (C=N–C) groups is 1. The second-order valence-corrected chi connectivity index (χ2v) is 7.66. The van der Waals surface area contributed by atoms with Crippen molar-refractivity contribution in [1.29, 1.82) is 0 Å². The fourth-order valence-electron chi connectivity index (χ4n) is 3.00. The zero-order valence-electron chi connectivity index (χ0n) is 16.3. The monoisotopic (exact) mass is 496 g/mol. The van der Waals surface area contributed by atoms with E-state index in [1.54, 1.807) is 7.11 Å². The van der Waals surface area contributed by atoms with Gasteiger partial charge in [0, 0.05) is 38.6 Å². The first-order valence-corrected chi connectivity index (χ1v) is 10.3. The first kappa shape index (κ1) is 23.5. The van der Waals surface area contributed by atoms with E-state index in [-0.39, 0.29) is 24.0 Å². The summed E-state index contributed by atoms with van der Waals surface area (Å²) in [7, 11) is 3.71. The number of methoxy groups -OCH3 is 1. The predicted molar refractivity (Wildman–Crippen MR) is 119 cm³/mol. The number of nitrogens with one attached hydrogen (secondary N) is 2. The molecule has 150 valence electrons. The summed E-state index contributed by atoms with van der Waals surface area (Å²) < 4.78 is 7.11. The van der Waals surface area contributed by atoms with Gasteiger partial charge in [-0.25, -0.2) is 4.99 Å². The molecule has 1 saturated carbocycles. The Labute approximate surface area is 178 Å². The van der Waals surface area contributed by atoms with Crippen LogP contribution in [0.4, 0.5) is 0 Å². The molecule has 2 rings (SSSR count). The zero-order chi connectivity index (χ0) is 18.1. The van der Waals surface area contributed by atoms with Gasteiger partial charge in [-0.2, -0.15) is 11.8 Å². The number of hydrogen-bond donors (Lipinski definition) is 2. The maximum Gasteiger partial charge on any atom is 0.191 e. The van der Waals surface area contributed by atoms with Crippen molar-refractivity contribution in [2.45, 2.75) is 56.9 Å². The minimum absolute atomic E-state index is 0. The molecule has 1 aliphatic rings. The highest BCUT2D eigenvalue weighted by atomic mass is 127. The van der Waals surface area contributed by atoms with Gasteiger partial charge in [0.05, 0.1) is 0 Å². The lowest BCUT2D eigenvalue weighted by Gasteiger charge is -2.30. The molecule has 0 aromatic carbocycles. The smallest absolute Gasteiger partial charge is 0.191 e. The van der Waals surface area contributed by atoms with Gasteiger partial charge < -0.3 is 19.9 Å². The van der Waals surface area contributed by atoms with Crippen molar-refractivity contribution in [2.75, 3.05) is 26.5 Å². The Kier molecular flexibility index (Phi) is 11.5. The van der Waals surface area contributed by atoms with E-state index in [0.717, 1.165) is 42.4 Å². The quantitative estimate of drug-likeness (QED) is 0.249. The zero-order valence-corrected chi connectivity index (χ0v) is 19.5. The van der Waals surface area contributed by atoms with Gasteiger partial charge >= 0.3 is 0 Å². The normalized spacial score (nSPS) is 20.5. The number of nitrogens with zero attached hydrogens (tertiary/aromatic N) is 4.